The minimum absolute atomic E-state index is 1.30. The van der Waals surface area contributed by atoms with Crippen LogP contribution in [0.4, 0.5) is 0 Å². The summed E-state index contributed by atoms with van der Waals surface area (Å²) in [5, 5.41) is 31.3. The van der Waals surface area contributed by atoms with Crippen LogP contribution in [0.1, 0.15) is 66.8 Å². The van der Waals surface area contributed by atoms with Crippen molar-refractivity contribution in [2.75, 3.05) is 0 Å². The predicted octanol–water partition coefficient (Wildman–Crippen LogP) is 33.4. The first-order valence-electron chi connectivity index (χ1n) is 34.3. The second-order valence-corrected chi connectivity index (χ2v) is 143. The first-order valence-corrected chi connectivity index (χ1v) is 73.1. The van der Waals surface area contributed by atoms with Crippen LogP contribution in [-0.4, -0.2) is 18.3 Å². The zero-order valence-electron chi connectivity index (χ0n) is 58.9. The van der Waals surface area contributed by atoms with Crippen LogP contribution < -0.4 is 0 Å². The maximum atomic E-state index is 5.06. The molecule has 0 N–H and O–H groups in total. The summed E-state index contributed by atoms with van der Waals surface area (Å²) in [5.41, 5.74) is 29.1. The normalized spacial score (nSPS) is 13.9. The summed E-state index contributed by atoms with van der Waals surface area (Å²) in [6, 6.07) is 76.9. The topological polar surface area (TPSA) is 0 Å². The van der Waals surface area contributed by atoms with Crippen molar-refractivity contribution in [1.29, 1.82) is 0 Å². The van der Waals surface area contributed by atoms with Gasteiger partial charge >= 0.3 is 124 Å². The molecule has 0 fully saturated rings. The van der Waals surface area contributed by atoms with E-state index >= 15 is 0 Å². The van der Waals surface area contributed by atoms with E-state index in [-0.39, 0.29) is 0 Å². The van der Waals surface area contributed by atoms with Gasteiger partial charge in [-0.25, -0.2) is 0 Å². The second kappa shape index (κ2) is 24.2. The van der Waals surface area contributed by atoms with Gasteiger partial charge in [-0.2, -0.15) is 0 Å². The van der Waals surface area contributed by atoms with Gasteiger partial charge in [-0.05, 0) is 336 Å². The molecule has 0 heterocycles. The van der Waals surface area contributed by atoms with Gasteiger partial charge in [0, 0.05) is 43.8 Å². The van der Waals surface area contributed by atoms with Gasteiger partial charge in [-0.1, -0.05) is 83.9 Å². The molecule has 18 rings (SSSR count). The summed E-state index contributed by atoms with van der Waals surface area (Å²) in [6.45, 7) is 27.4. The van der Waals surface area contributed by atoms with Gasteiger partial charge in [-0.3, -0.25) is 0 Å². The van der Waals surface area contributed by atoms with Crippen molar-refractivity contribution in [3.05, 3.63) is 261 Å². The standard InChI is InChI=1S/C90H68.12ClH.2Sb/c1-45-29-49(5)81(50(6)30-45)85-61-25-17-13-21-57(61)65-37-77-69(41-73(65)85)70-42-74-66(58-22-14-18-26-62(58)86(74)82-51(7)31-46(2)32-52(82)8)38-78(70)89(77)90-79-39-67-59-23-15-19-27-63(59)87(83-53(9)33-47(3)34-54(83)10)75(67)43-71(79)72-44-76-68(40-80(72)90)60-24-16-20-28-64(60)88(76)84-55(11)35-48(4)36-56(84)12;;;;;;;;;;;;;;/h13-44H,1-12H3;12*1H;;/q+2;;;;;;;;;;;;;2*+5/p-12. The van der Waals surface area contributed by atoms with Gasteiger partial charge < -0.3 is 0 Å². The molecular weight excluding hydrogens is 1750 g/mol. The van der Waals surface area contributed by atoms with Crippen LogP contribution in [0.2, 0.25) is 0 Å². The van der Waals surface area contributed by atoms with E-state index in [0.717, 1.165) is 0 Å². The third-order valence-corrected chi connectivity index (χ3v) is 21.3. The molecule has 0 aliphatic rings. The number of aryl methyl sites for hydroxylation is 12. The fourth-order valence-corrected chi connectivity index (χ4v) is 18.4. The number of halogens is 12. The number of rotatable bonds is 5. The van der Waals surface area contributed by atoms with Gasteiger partial charge in [0.2, 0.25) is 0 Å². The third kappa shape index (κ3) is 13.3. The van der Waals surface area contributed by atoms with E-state index < -0.39 is 18.3 Å². The van der Waals surface area contributed by atoms with E-state index in [0.29, 0.717) is 0 Å². The van der Waals surface area contributed by atoms with E-state index in [4.69, 9.17) is 106 Å². The van der Waals surface area contributed by atoms with Gasteiger partial charge in [0.15, 0.2) is 0 Å². The Labute approximate surface area is 645 Å². The molecule has 18 aromatic rings. The van der Waals surface area contributed by atoms with Crippen LogP contribution in [0.5, 0.6) is 0 Å². The average molecular weight is 1820 g/mol. The molecule has 0 aliphatic heterocycles. The number of hydrogen-bond donors (Lipinski definition) is 0. The molecule has 0 aromatic heterocycles. The molecule has 0 atom stereocenters. The Morgan fingerprint density at radius 1 is 0.183 bits per heavy atom. The van der Waals surface area contributed by atoms with Crippen molar-refractivity contribution < 1.29 is 0 Å². The Morgan fingerprint density at radius 3 is 0.663 bits per heavy atom. The zero-order chi connectivity index (χ0) is 74.0. The van der Waals surface area contributed by atoms with Gasteiger partial charge in [0.1, 0.15) is 0 Å². The van der Waals surface area contributed by atoms with Crippen LogP contribution in [0.3, 0.4) is 0 Å². The molecular formula is C90H68Cl12Sb2. The van der Waals surface area contributed by atoms with Crippen molar-refractivity contribution in [2.45, 2.75) is 83.1 Å². The predicted molar refractivity (Wildman–Crippen MR) is 476 cm³/mol. The molecule has 522 valence electrons. The van der Waals surface area contributed by atoms with E-state index in [2.05, 4.69) is 277 Å². The molecule has 104 heavy (non-hydrogen) atoms. The first-order chi connectivity index (χ1) is 48.5. The molecule has 0 saturated carbocycles. The monoisotopic (exact) mass is 1810 g/mol. The number of hydrogen-bond acceptors (Lipinski definition) is 0. The minimum atomic E-state index is -5.42. The molecule has 0 unspecified atom stereocenters. The fourth-order valence-electron chi connectivity index (χ4n) is 18.4. The maximum absolute atomic E-state index is 5.42. The molecule has 0 saturated heterocycles. The Balaban J connectivity index is 0.000000544. The van der Waals surface area contributed by atoms with Crippen LogP contribution in [0.25, 0.3) is 185 Å². The summed E-state index contributed by atoms with van der Waals surface area (Å²) in [7, 11) is 49.9. The van der Waals surface area contributed by atoms with Crippen LogP contribution in [0.15, 0.2) is 194 Å². The van der Waals surface area contributed by atoms with Crippen molar-refractivity contribution in [2.24, 2.45) is 0 Å². The first kappa shape index (κ1) is 73.1. The molecule has 14 heteroatoms. The van der Waals surface area contributed by atoms with Crippen molar-refractivity contribution >= 4 is 253 Å². The average Bonchev–Trinajstić information content (AvgIpc) is 1.52. The summed E-state index contributed by atoms with van der Waals surface area (Å²) < 4.78 is 0. The molecule has 0 radical (unpaired) electrons. The van der Waals surface area contributed by atoms with Crippen molar-refractivity contribution in [3.8, 4) is 55.6 Å². The van der Waals surface area contributed by atoms with E-state index in [9.17, 15) is 0 Å². The van der Waals surface area contributed by atoms with Crippen molar-refractivity contribution in [3.63, 3.8) is 0 Å². The molecule has 0 nitrogen and oxygen atoms in total. The Bertz CT molecular complexity index is 5930. The number of fused-ring (bicyclic) bond motifs is 18. The van der Waals surface area contributed by atoms with Crippen molar-refractivity contribution in [1.82, 2.24) is 0 Å². The molecule has 0 aliphatic carbocycles. The van der Waals surface area contributed by atoms with Gasteiger partial charge in [0.05, 0.1) is 65.3 Å². The summed E-state index contributed by atoms with van der Waals surface area (Å²) >= 11 is 0. The fraction of sp³-hybridized carbons (Fsp3) is 0.133. The van der Waals surface area contributed by atoms with Crippen LogP contribution in [-0.2, 0) is 0 Å². The summed E-state index contributed by atoms with van der Waals surface area (Å²) in [6.07, 6.45) is 0. The SMILES string of the molecule is Cc1cc(C)c(-c2c3ccccc3c3cc4c(-c5c6cc7c(cc6c6cc8c(cc56)c5ccccc5[c+]8-c5c(C)cc(C)cc5C)c(-c5c(C)cc(C)cc5C)c5ccccc57)c5cc6c7ccccc7[c+](-c7c(C)cc(C)cc7C)c6cc5c4cc23)c(C)c1.[Cl][Sb-]([Cl])([Cl])([Cl])([Cl])[Cl].[Cl][Sb-]([Cl])([Cl])([Cl])([Cl])[Cl]. The van der Waals surface area contributed by atoms with Crippen LogP contribution in [0, 0.1) is 83.1 Å². The molecule has 0 amide bonds. The quantitative estimate of drug-likeness (QED) is 0.119. The molecule has 0 spiro atoms. The zero-order valence-corrected chi connectivity index (χ0v) is 73.1. The summed E-state index contributed by atoms with van der Waals surface area (Å²) in [4.78, 5) is 0. The van der Waals surface area contributed by atoms with Gasteiger partial charge in [-0.15, -0.1) is 0 Å². The Morgan fingerprint density at radius 2 is 0.385 bits per heavy atom. The summed E-state index contributed by atoms with van der Waals surface area (Å²) in [5.74, 6) is 0. The molecule has 0 bridgehead atoms. The Kier molecular flexibility index (Phi) is 17.0. The number of benzene rings is 12. The van der Waals surface area contributed by atoms with Gasteiger partial charge in [0.25, 0.3) is 0 Å². The second-order valence-electron chi connectivity index (χ2n) is 29.2. The third-order valence-electron chi connectivity index (χ3n) is 21.3. The molecule has 18 aromatic carbocycles. The van der Waals surface area contributed by atoms with Crippen LogP contribution >= 0.6 is 106 Å². The van der Waals surface area contributed by atoms with E-state index in [1.54, 1.807) is 0 Å². The Hall–Kier alpha value is -5.02. The van der Waals surface area contributed by atoms with E-state index in [1.807, 2.05) is 0 Å². The van der Waals surface area contributed by atoms with E-state index in [1.165, 1.54) is 252 Å².